The molecule has 1 saturated carbocycles. The van der Waals surface area contributed by atoms with Gasteiger partial charge in [0.25, 0.3) is 5.91 Å². The standard InChI is InChI=1S/C26H27N3O3/c1-2-19-13-15-26(16-14-19)24(31)29(25(32)28-26)18-23(30)27-22-10-6-9-21(17-22)12-11-20-7-4-3-5-8-20/h3-10,17,19H,2,13-16,18H2,1H3,(H,27,30)(H,28,32). The Kier molecular flexibility index (Phi) is 6.27. The van der Waals surface area contributed by atoms with Gasteiger partial charge in [-0.25, -0.2) is 4.79 Å². The molecule has 2 aromatic carbocycles. The van der Waals surface area contributed by atoms with Gasteiger partial charge >= 0.3 is 6.03 Å². The topological polar surface area (TPSA) is 78.5 Å². The fourth-order valence-electron chi connectivity index (χ4n) is 4.42. The van der Waals surface area contributed by atoms with Crippen LogP contribution in [0.25, 0.3) is 0 Å². The zero-order chi connectivity index (χ0) is 22.6. The molecule has 1 aliphatic heterocycles. The van der Waals surface area contributed by atoms with Crippen LogP contribution in [0.2, 0.25) is 0 Å². The van der Waals surface area contributed by atoms with Gasteiger partial charge in [0.05, 0.1) is 0 Å². The first-order valence-corrected chi connectivity index (χ1v) is 11.1. The zero-order valence-electron chi connectivity index (χ0n) is 18.2. The molecule has 2 N–H and O–H groups in total. The van der Waals surface area contributed by atoms with Gasteiger partial charge in [-0.2, -0.15) is 0 Å². The van der Waals surface area contributed by atoms with Crippen molar-refractivity contribution in [3.8, 4) is 11.8 Å². The number of carbonyl (C=O) groups excluding carboxylic acids is 3. The number of benzene rings is 2. The number of carbonyl (C=O) groups is 3. The smallest absolute Gasteiger partial charge is 0.324 e. The van der Waals surface area contributed by atoms with Gasteiger partial charge in [-0.1, -0.05) is 49.5 Å². The lowest BCUT2D eigenvalue weighted by molar-refractivity contribution is -0.135. The van der Waals surface area contributed by atoms with E-state index in [0.29, 0.717) is 24.4 Å². The van der Waals surface area contributed by atoms with Gasteiger partial charge in [-0.15, -0.1) is 0 Å². The summed E-state index contributed by atoms with van der Waals surface area (Å²) >= 11 is 0. The first kappa shape index (κ1) is 21.6. The molecule has 4 amide bonds. The number of rotatable bonds is 4. The minimum Gasteiger partial charge on any atom is -0.324 e. The Morgan fingerprint density at radius 1 is 1.06 bits per heavy atom. The van der Waals surface area contributed by atoms with Crippen molar-refractivity contribution in [1.29, 1.82) is 0 Å². The molecule has 164 valence electrons. The summed E-state index contributed by atoms with van der Waals surface area (Å²) in [6, 6.07) is 16.4. The van der Waals surface area contributed by atoms with Crippen LogP contribution in [-0.4, -0.2) is 34.8 Å². The molecule has 1 heterocycles. The number of amides is 4. The molecular formula is C26H27N3O3. The van der Waals surface area contributed by atoms with Gasteiger partial charge in [0, 0.05) is 16.8 Å². The fourth-order valence-corrected chi connectivity index (χ4v) is 4.42. The minimum absolute atomic E-state index is 0.283. The second-order valence-electron chi connectivity index (χ2n) is 8.50. The zero-order valence-corrected chi connectivity index (χ0v) is 18.2. The van der Waals surface area contributed by atoms with Crippen LogP contribution in [0.1, 0.15) is 50.2 Å². The molecule has 0 atom stereocenters. The maximum Gasteiger partial charge on any atom is 0.325 e. The monoisotopic (exact) mass is 429 g/mol. The highest BCUT2D eigenvalue weighted by Gasteiger charge is 2.52. The number of hydrogen-bond donors (Lipinski definition) is 2. The van der Waals surface area contributed by atoms with Gasteiger partial charge in [0.15, 0.2) is 0 Å². The summed E-state index contributed by atoms with van der Waals surface area (Å²) in [7, 11) is 0. The van der Waals surface area contributed by atoms with E-state index >= 15 is 0 Å². The van der Waals surface area contributed by atoms with Gasteiger partial charge in [0.1, 0.15) is 12.1 Å². The highest BCUT2D eigenvalue weighted by atomic mass is 16.2. The van der Waals surface area contributed by atoms with Gasteiger partial charge in [-0.3, -0.25) is 14.5 Å². The molecule has 1 spiro atoms. The molecule has 2 aromatic rings. The SMILES string of the molecule is CCC1CCC2(CC1)NC(=O)N(CC(=O)Nc1cccc(C#Cc3ccccc3)c1)C2=O. The molecule has 32 heavy (non-hydrogen) atoms. The summed E-state index contributed by atoms with van der Waals surface area (Å²) in [4.78, 5) is 39.1. The normalized spacial score (nSPS) is 22.3. The molecule has 0 bridgehead atoms. The van der Waals surface area contributed by atoms with Gasteiger partial charge in [0.2, 0.25) is 5.91 Å². The highest BCUT2D eigenvalue weighted by Crippen LogP contribution is 2.37. The Morgan fingerprint density at radius 2 is 1.75 bits per heavy atom. The quantitative estimate of drug-likeness (QED) is 0.571. The average molecular weight is 430 g/mol. The lowest BCUT2D eigenvalue weighted by Crippen LogP contribution is -2.49. The van der Waals surface area contributed by atoms with Crippen molar-refractivity contribution in [2.24, 2.45) is 5.92 Å². The van der Waals surface area contributed by atoms with Crippen molar-refractivity contribution in [1.82, 2.24) is 10.2 Å². The molecule has 0 radical (unpaired) electrons. The molecular weight excluding hydrogens is 402 g/mol. The second kappa shape index (κ2) is 9.27. The van der Waals surface area contributed by atoms with Crippen LogP contribution < -0.4 is 10.6 Å². The molecule has 1 saturated heterocycles. The average Bonchev–Trinajstić information content (AvgIpc) is 3.03. The third-order valence-electron chi connectivity index (χ3n) is 6.35. The van der Waals surface area contributed by atoms with Crippen LogP contribution >= 0.6 is 0 Å². The predicted octanol–water partition coefficient (Wildman–Crippen LogP) is 3.92. The molecule has 2 aliphatic rings. The summed E-state index contributed by atoms with van der Waals surface area (Å²) in [5.74, 6) is 6.06. The van der Waals surface area contributed by atoms with Crippen molar-refractivity contribution >= 4 is 23.5 Å². The lowest BCUT2D eigenvalue weighted by Gasteiger charge is -2.34. The summed E-state index contributed by atoms with van der Waals surface area (Å²) in [6.45, 7) is 1.85. The van der Waals surface area contributed by atoms with Crippen molar-refractivity contribution in [2.45, 2.75) is 44.6 Å². The van der Waals surface area contributed by atoms with E-state index in [1.165, 1.54) is 0 Å². The Morgan fingerprint density at radius 3 is 2.47 bits per heavy atom. The predicted molar refractivity (Wildman–Crippen MR) is 123 cm³/mol. The largest absolute Gasteiger partial charge is 0.325 e. The van der Waals surface area contributed by atoms with E-state index in [4.69, 9.17) is 0 Å². The Labute approximate surface area is 188 Å². The van der Waals surface area contributed by atoms with Crippen LogP contribution in [-0.2, 0) is 9.59 Å². The van der Waals surface area contributed by atoms with E-state index < -0.39 is 17.5 Å². The number of urea groups is 1. The number of hydrogen-bond acceptors (Lipinski definition) is 3. The minimum atomic E-state index is -0.837. The summed E-state index contributed by atoms with van der Waals surface area (Å²) in [6.07, 6.45) is 4.19. The first-order chi connectivity index (χ1) is 15.5. The Hall–Kier alpha value is -3.59. The third-order valence-corrected chi connectivity index (χ3v) is 6.35. The van der Waals surface area contributed by atoms with Gasteiger partial charge in [-0.05, 0) is 61.9 Å². The third kappa shape index (κ3) is 4.67. The lowest BCUT2D eigenvalue weighted by atomic mass is 9.75. The van der Waals surface area contributed by atoms with Crippen LogP contribution in [0.4, 0.5) is 10.5 Å². The van der Waals surface area contributed by atoms with Crippen molar-refractivity contribution in [2.75, 3.05) is 11.9 Å². The summed E-state index contributed by atoms with van der Waals surface area (Å²) < 4.78 is 0. The van der Waals surface area contributed by atoms with E-state index in [1.54, 1.807) is 18.2 Å². The second-order valence-corrected chi connectivity index (χ2v) is 8.50. The first-order valence-electron chi connectivity index (χ1n) is 11.1. The molecule has 0 unspecified atom stereocenters. The highest BCUT2D eigenvalue weighted by molar-refractivity contribution is 6.10. The fraction of sp³-hybridized carbons (Fsp3) is 0.346. The number of imide groups is 1. The van der Waals surface area contributed by atoms with Crippen LogP contribution in [0.5, 0.6) is 0 Å². The molecule has 6 nitrogen and oxygen atoms in total. The van der Waals surface area contributed by atoms with E-state index in [0.717, 1.165) is 35.3 Å². The van der Waals surface area contributed by atoms with Crippen molar-refractivity contribution in [3.63, 3.8) is 0 Å². The van der Waals surface area contributed by atoms with E-state index in [-0.39, 0.29) is 12.5 Å². The number of nitrogens with one attached hydrogen (secondary N) is 2. The van der Waals surface area contributed by atoms with Crippen LogP contribution in [0.3, 0.4) is 0 Å². The van der Waals surface area contributed by atoms with Gasteiger partial charge < -0.3 is 10.6 Å². The molecule has 1 aliphatic carbocycles. The van der Waals surface area contributed by atoms with Crippen molar-refractivity contribution < 1.29 is 14.4 Å². The maximum atomic E-state index is 13.0. The van der Waals surface area contributed by atoms with Crippen LogP contribution in [0, 0.1) is 17.8 Å². The van der Waals surface area contributed by atoms with E-state index in [2.05, 4.69) is 29.4 Å². The van der Waals surface area contributed by atoms with Crippen molar-refractivity contribution in [3.05, 3.63) is 65.7 Å². The van der Waals surface area contributed by atoms with E-state index in [1.807, 2.05) is 36.4 Å². The number of nitrogens with zero attached hydrogens (tertiary/aromatic N) is 1. The summed E-state index contributed by atoms with van der Waals surface area (Å²) in [5.41, 5.74) is 1.39. The van der Waals surface area contributed by atoms with E-state index in [9.17, 15) is 14.4 Å². The molecule has 6 heteroatoms. The maximum absolute atomic E-state index is 13.0. The summed E-state index contributed by atoms with van der Waals surface area (Å²) in [5, 5.41) is 5.64. The Bertz CT molecular complexity index is 1080. The Balaban J connectivity index is 1.38. The molecule has 4 rings (SSSR count). The van der Waals surface area contributed by atoms with Crippen LogP contribution in [0.15, 0.2) is 54.6 Å². The molecule has 2 fully saturated rings. The number of anilines is 1. The molecule has 0 aromatic heterocycles.